The number of anilines is 2. The molecule has 1 amide bonds. The van der Waals surface area contributed by atoms with Crippen LogP contribution in [0.15, 0.2) is 36.1 Å². The SMILES string of the molecule is CC(C)(CC(=O)O)CC(=O)Nc1cncc(N2CCCC(OC3=C(O)CCC=C3)C2)n1. The summed E-state index contributed by atoms with van der Waals surface area (Å²) in [6, 6.07) is 0. The molecule has 2 aliphatic rings. The van der Waals surface area contributed by atoms with Gasteiger partial charge in [-0.3, -0.25) is 14.6 Å². The highest BCUT2D eigenvalue weighted by Gasteiger charge is 2.27. The fourth-order valence-electron chi connectivity index (χ4n) is 3.82. The smallest absolute Gasteiger partial charge is 0.303 e. The zero-order chi connectivity index (χ0) is 22.4. The third kappa shape index (κ3) is 6.70. The molecule has 9 nitrogen and oxygen atoms in total. The third-order valence-corrected chi connectivity index (χ3v) is 5.26. The van der Waals surface area contributed by atoms with Crippen LogP contribution in [0.25, 0.3) is 0 Å². The molecule has 0 saturated carbocycles. The summed E-state index contributed by atoms with van der Waals surface area (Å²) in [5.74, 6) is 0.544. The summed E-state index contributed by atoms with van der Waals surface area (Å²) >= 11 is 0. The van der Waals surface area contributed by atoms with E-state index in [4.69, 9.17) is 9.84 Å². The Labute approximate surface area is 181 Å². The first-order valence-corrected chi connectivity index (χ1v) is 10.6. The van der Waals surface area contributed by atoms with Crippen LogP contribution in [0.5, 0.6) is 0 Å². The summed E-state index contributed by atoms with van der Waals surface area (Å²) in [5, 5.41) is 21.7. The summed E-state index contributed by atoms with van der Waals surface area (Å²) in [6.45, 7) is 4.87. The van der Waals surface area contributed by atoms with Gasteiger partial charge in [-0.25, -0.2) is 4.98 Å². The van der Waals surface area contributed by atoms with Gasteiger partial charge in [0.2, 0.25) is 5.91 Å². The molecule has 1 aromatic heterocycles. The van der Waals surface area contributed by atoms with Crippen molar-refractivity contribution in [2.75, 3.05) is 23.3 Å². The summed E-state index contributed by atoms with van der Waals surface area (Å²) in [6.07, 6.45) is 10.0. The second kappa shape index (κ2) is 9.80. The number of aliphatic carboxylic acids is 1. The van der Waals surface area contributed by atoms with Gasteiger partial charge in [0.15, 0.2) is 11.6 Å². The van der Waals surface area contributed by atoms with Gasteiger partial charge in [0.05, 0.1) is 25.4 Å². The Hall–Kier alpha value is -3.10. The molecule has 0 spiro atoms. The lowest BCUT2D eigenvalue weighted by molar-refractivity contribution is -0.139. The molecule has 1 saturated heterocycles. The van der Waals surface area contributed by atoms with E-state index in [0.29, 0.717) is 30.4 Å². The Morgan fingerprint density at radius 3 is 2.87 bits per heavy atom. The van der Waals surface area contributed by atoms with Crippen LogP contribution in [0.3, 0.4) is 0 Å². The van der Waals surface area contributed by atoms with E-state index in [9.17, 15) is 14.7 Å². The summed E-state index contributed by atoms with van der Waals surface area (Å²) in [7, 11) is 0. The van der Waals surface area contributed by atoms with Crippen molar-refractivity contribution in [2.24, 2.45) is 5.41 Å². The lowest BCUT2D eigenvalue weighted by atomic mass is 9.85. The Morgan fingerprint density at radius 2 is 2.13 bits per heavy atom. The lowest BCUT2D eigenvalue weighted by Crippen LogP contribution is -2.40. The molecule has 1 aromatic rings. The highest BCUT2D eigenvalue weighted by atomic mass is 16.5. The Balaban J connectivity index is 1.61. The molecule has 3 rings (SSSR count). The van der Waals surface area contributed by atoms with Crippen molar-refractivity contribution in [1.29, 1.82) is 0 Å². The molecule has 0 radical (unpaired) electrons. The quantitative estimate of drug-likeness (QED) is 0.573. The molecule has 1 fully saturated rings. The maximum Gasteiger partial charge on any atom is 0.303 e. The fraction of sp³-hybridized carbons (Fsp3) is 0.545. The third-order valence-electron chi connectivity index (χ3n) is 5.26. The van der Waals surface area contributed by atoms with Crippen LogP contribution in [0.2, 0.25) is 0 Å². The number of nitrogens with zero attached hydrogens (tertiary/aromatic N) is 3. The molecule has 3 N–H and O–H groups in total. The highest BCUT2D eigenvalue weighted by molar-refractivity contribution is 5.90. The van der Waals surface area contributed by atoms with Crippen LogP contribution in [-0.2, 0) is 14.3 Å². The van der Waals surface area contributed by atoms with Gasteiger partial charge in [0, 0.05) is 19.4 Å². The fourth-order valence-corrected chi connectivity index (χ4v) is 3.82. The number of hydrogen-bond acceptors (Lipinski definition) is 7. The molecule has 1 atom stereocenters. The molecular weight excluding hydrogens is 400 g/mol. The number of aromatic nitrogens is 2. The van der Waals surface area contributed by atoms with Crippen molar-refractivity contribution in [3.8, 4) is 0 Å². The minimum absolute atomic E-state index is 0.0664. The topological polar surface area (TPSA) is 125 Å². The van der Waals surface area contributed by atoms with Crippen LogP contribution in [0.1, 0.15) is 52.4 Å². The number of rotatable bonds is 8. The van der Waals surface area contributed by atoms with Gasteiger partial charge >= 0.3 is 5.97 Å². The molecule has 168 valence electrons. The standard InChI is InChI=1S/C22H30N4O5/c1-22(2,11-21(29)30)10-20(28)25-18-12-23-13-19(24-18)26-9-5-6-15(14-26)31-17-8-4-3-7-16(17)27/h4,8,12-13,15,27H,3,5-7,9-11,14H2,1-2H3,(H,29,30)(H,24,25,28). The number of amides is 1. The molecule has 31 heavy (non-hydrogen) atoms. The predicted octanol–water partition coefficient (Wildman–Crippen LogP) is 3.41. The Kier molecular flexibility index (Phi) is 7.14. The first-order chi connectivity index (χ1) is 14.7. The van der Waals surface area contributed by atoms with Crippen LogP contribution in [0, 0.1) is 5.41 Å². The number of aliphatic hydroxyl groups is 1. The van der Waals surface area contributed by atoms with Gasteiger partial charge < -0.3 is 25.2 Å². The van der Waals surface area contributed by atoms with Gasteiger partial charge in [-0.05, 0) is 30.8 Å². The monoisotopic (exact) mass is 430 g/mol. The number of piperidine rings is 1. The molecule has 1 aliphatic heterocycles. The number of hydrogen-bond donors (Lipinski definition) is 3. The summed E-state index contributed by atoms with van der Waals surface area (Å²) in [4.78, 5) is 34.1. The number of aliphatic hydroxyl groups excluding tert-OH is 1. The first kappa shape index (κ1) is 22.6. The van der Waals surface area contributed by atoms with Crippen LogP contribution in [-0.4, -0.2) is 51.3 Å². The number of carbonyl (C=O) groups is 2. The van der Waals surface area contributed by atoms with E-state index in [0.717, 1.165) is 25.8 Å². The van der Waals surface area contributed by atoms with Gasteiger partial charge in [-0.15, -0.1) is 0 Å². The number of ether oxygens (including phenoxy) is 1. The number of carbonyl (C=O) groups excluding carboxylic acids is 1. The van der Waals surface area contributed by atoms with Gasteiger partial charge in [-0.2, -0.15) is 0 Å². The largest absolute Gasteiger partial charge is 0.508 e. The minimum atomic E-state index is -0.936. The minimum Gasteiger partial charge on any atom is -0.508 e. The molecule has 0 aromatic carbocycles. The highest BCUT2D eigenvalue weighted by Crippen LogP contribution is 2.27. The number of nitrogens with one attached hydrogen (secondary N) is 1. The number of carboxylic acids is 1. The van der Waals surface area contributed by atoms with Crippen molar-refractivity contribution in [2.45, 2.75) is 58.5 Å². The number of carboxylic acid groups (broad SMARTS) is 1. The van der Waals surface area contributed by atoms with Crippen molar-refractivity contribution in [3.05, 3.63) is 36.1 Å². The van der Waals surface area contributed by atoms with E-state index < -0.39 is 11.4 Å². The normalized spacial score (nSPS) is 19.3. The Morgan fingerprint density at radius 1 is 1.32 bits per heavy atom. The van der Waals surface area contributed by atoms with E-state index in [1.54, 1.807) is 20.0 Å². The number of allylic oxidation sites excluding steroid dienone is 3. The van der Waals surface area contributed by atoms with Gasteiger partial charge in [0.25, 0.3) is 0 Å². The average Bonchev–Trinajstić information content (AvgIpc) is 2.68. The van der Waals surface area contributed by atoms with E-state index in [2.05, 4.69) is 20.2 Å². The first-order valence-electron chi connectivity index (χ1n) is 10.6. The summed E-state index contributed by atoms with van der Waals surface area (Å²) < 4.78 is 6.01. The van der Waals surface area contributed by atoms with E-state index in [-0.39, 0.29) is 30.6 Å². The zero-order valence-electron chi connectivity index (χ0n) is 18.0. The molecule has 1 aliphatic carbocycles. The molecule has 9 heteroatoms. The van der Waals surface area contributed by atoms with E-state index in [1.807, 2.05) is 12.2 Å². The maximum absolute atomic E-state index is 12.4. The lowest BCUT2D eigenvalue weighted by Gasteiger charge is -2.34. The van der Waals surface area contributed by atoms with Gasteiger partial charge in [0.1, 0.15) is 17.7 Å². The van der Waals surface area contributed by atoms with Crippen molar-refractivity contribution < 1.29 is 24.5 Å². The van der Waals surface area contributed by atoms with Crippen molar-refractivity contribution in [1.82, 2.24) is 9.97 Å². The Bertz CT molecular complexity index is 880. The van der Waals surface area contributed by atoms with Crippen LogP contribution < -0.4 is 10.2 Å². The maximum atomic E-state index is 12.4. The second-order valence-corrected chi connectivity index (χ2v) is 8.80. The zero-order valence-corrected chi connectivity index (χ0v) is 18.0. The van der Waals surface area contributed by atoms with Gasteiger partial charge in [-0.1, -0.05) is 19.9 Å². The average molecular weight is 431 g/mol. The second-order valence-electron chi connectivity index (χ2n) is 8.80. The molecule has 2 heterocycles. The van der Waals surface area contributed by atoms with Crippen LogP contribution in [0.4, 0.5) is 11.6 Å². The molecular formula is C22H30N4O5. The van der Waals surface area contributed by atoms with Crippen molar-refractivity contribution >= 4 is 23.5 Å². The van der Waals surface area contributed by atoms with Crippen LogP contribution >= 0.6 is 0 Å². The van der Waals surface area contributed by atoms with E-state index >= 15 is 0 Å². The molecule has 1 unspecified atom stereocenters. The molecule has 0 bridgehead atoms. The predicted molar refractivity (Wildman–Crippen MR) is 116 cm³/mol. The van der Waals surface area contributed by atoms with E-state index in [1.165, 1.54) is 6.20 Å². The van der Waals surface area contributed by atoms with Crippen molar-refractivity contribution in [3.63, 3.8) is 0 Å². The summed E-state index contributed by atoms with van der Waals surface area (Å²) in [5.41, 5.74) is -0.661.